The molecule has 0 bridgehead atoms. The third-order valence-electron chi connectivity index (χ3n) is 3.48. The largest absolute Gasteiger partial charge is 0.336 e. The van der Waals surface area contributed by atoms with Gasteiger partial charge in [-0.2, -0.15) is 0 Å². The summed E-state index contributed by atoms with van der Waals surface area (Å²) in [6.45, 7) is 6.16. The summed E-state index contributed by atoms with van der Waals surface area (Å²) in [4.78, 5) is 14.4. The van der Waals surface area contributed by atoms with E-state index < -0.39 is 9.84 Å². The molecule has 1 saturated heterocycles. The Morgan fingerprint density at radius 3 is 2.55 bits per heavy atom. The van der Waals surface area contributed by atoms with E-state index in [4.69, 9.17) is 0 Å². The van der Waals surface area contributed by atoms with Crippen LogP contribution in [0.4, 0.5) is 0 Å². The second kappa shape index (κ2) is 5.93. The predicted molar refractivity (Wildman–Crippen MR) is 77.7 cm³/mol. The van der Waals surface area contributed by atoms with Crippen LogP contribution in [0.5, 0.6) is 0 Å². The summed E-state index contributed by atoms with van der Waals surface area (Å²) in [5, 5.41) is 3.18. The van der Waals surface area contributed by atoms with E-state index in [2.05, 4.69) is 5.32 Å². The van der Waals surface area contributed by atoms with Gasteiger partial charge in [-0.25, -0.2) is 8.42 Å². The molecule has 5 nitrogen and oxygen atoms in total. The minimum atomic E-state index is -3.39. The molecule has 1 aromatic rings. The second-order valence-corrected chi connectivity index (χ2v) is 7.19. The summed E-state index contributed by atoms with van der Waals surface area (Å²) in [6.07, 6.45) is 0. The highest BCUT2D eigenvalue weighted by molar-refractivity contribution is 7.91. The molecule has 0 aromatic heterocycles. The lowest BCUT2D eigenvalue weighted by Gasteiger charge is -2.28. The fourth-order valence-electron chi connectivity index (χ4n) is 2.28. The summed E-state index contributed by atoms with van der Waals surface area (Å²) >= 11 is 0. The predicted octanol–water partition coefficient (Wildman–Crippen LogP) is 0.834. The van der Waals surface area contributed by atoms with Crippen LogP contribution in [0.1, 0.15) is 22.8 Å². The van der Waals surface area contributed by atoms with Crippen LogP contribution in [0.15, 0.2) is 23.1 Å². The van der Waals surface area contributed by atoms with E-state index in [-0.39, 0.29) is 16.6 Å². The highest BCUT2D eigenvalue weighted by Gasteiger charge is 2.25. The first-order valence-electron chi connectivity index (χ1n) is 6.79. The number of nitrogens with one attached hydrogen (secondary N) is 1. The third-order valence-corrected chi connectivity index (χ3v) is 5.27. The van der Waals surface area contributed by atoms with Crippen molar-refractivity contribution in [2.75, 3.05) is 31.9 Å². The molecule has 1 heterocycles. The molecular weight excluding hydrogens is 276 g/mol. The van der Waals surface area contributed by atoms with Gasteiger partial charge in [0.1, 0.15) is 0 Å². The Labute approximate surface area is 119 Å². The van der Waals surface area contributed by atoms with E-state index in [0.29, 0.717) is 18.7 Å². The van der Waals surface area contributed by atoms with E-state index in [1.807, 2.05) is 6.92 Å². The molecule has 1 aromatic carbocycles. The zero-order chi connectivity index (χ0) is 14.8. The van der Waals surface area contributed by atoms with Crippen LogP contribution in [0, 0.1) is 6.92 Å². The molecule has 1 aliphatic heterocycles. The van der Waals surface area contributed by atoms with Crippen LogP contribution in [0.2, 0.25) is 0 Å². The summed E-state index contributed by atoms with van der Waals surface area (Å²) in [5.74, 6) is -0.194. The van der Waals surface area contributed by atoms with Crippen molar-refractivity contribution in [3.8, 4) is 0 Å². The van der Waals surface area contributed by atoms with E-state index in [9.17, 15) is 13.2 Å². The van der Waals surface area contributed by atoms with Crippen LogP contribution in [-0.4, -0.2) is 51.2 Å². The van der Waals surface area contributed by atoms with Gasteiger partial charge in [0.05, 0.1) is 16.2 Å². The van der Waals surface area contributed by atoms with Gasteiger partial charge < -0.3 is 10.2 Å². The van der Waals surface area contributed by atoms with Crippen LogP contribution in [0.25, 0.3) is 0 Å². The van der Waals surface area contributed by atoms with Gasteiger partial charge in [0.25, 0.3) is 5.91 Å². The van der Waals surface area contributed by atoms with Crippen LogP contribution in [-0.2, 0) is 9.84 Å². The number of hydrogen-bond donors (Lipinski definition) is 1. The lowest BCUT2D eigenvalue weighted by atomic mass is 10.1. The third kappa shape index (κ3) is 3.02. The van der Waals surface area contributed by atoms with E-state index in [1.54, 1.807) is 30.0 Å². The number of amides is 1. The highest BCUT2D eigenvalue weighted by Crippen LogP contribution is 2.21. The molecule has 0 radical (unpaired) electrons. The van der Waals surface area contributed by atoms with Crippen molar-refractivity contribution < 1.29 is 13.2 Å². The van der Waals surface area contributed by atoms with Crippen LogP contribution in [0.3, 0.4) is 0 Å². The fourth-order valence-corrected chi connectivity index (χ4v) is 3.34. The van der Waals surface area contributed by atoms with Gasteiger partial charge in [-0.1, -0.05) is 18.6 Å². The Hall–Kier alpha value is -1.40. The first-order valence-corrected chi connectivity index (χ1v) is 8.44. The second-order valence-electron chi connectivity index (χ2n) is 4.95. The molecule has 0 saturated carbocycles. The average Bonchev–Trinajstić information content (AvgIpc) is 2.47. The van der Waals surface area contributed by atoms with Crippen molar-refractivity contribution >= 4 is 15.7 Å². The molecule has 1 N–H and O–H groups in total. The van der Waals surface area contributed by atoms with Gasteiger partial charge in [0.2, 0.25) is 0 Å². The van der Waals surface area contributed by atoms with E-state index in [1.165, 1.54) is 0 Å². The number of rotatable bonds is 3. The van der Waals surface area contributed by atoms with Crippen molar-refractivity contribution in [2.24, 2.45) is 0 Å². The number of sulfone groups is 1. The normalized spacial score (nSPS) is 16.2. The number of benzene rings is 1. The fraction of sp³-hybridized carbons (Fsp3) is 0.500. The van der Waals surface area contributed by atoms with Gasteiger partial charge in [-0.3, -0.25) is 4.79 Å². The van der Waals surface area contributed by atoms with Crippen molar-refractivity contribution in [3.05, 3.63) is 29.3 Å². The molecule has 110 valence electrons. The number of nitrogens with zero attached hydrogens (tertiary/aromatic N) is 1. The number of aryl methyl sites for hydroxylation is 1. The van der Waals surface area contributed by atoms with Crippen molar-refractivity contribution in [2.45, 2.75) is 18.7 Å². The van der Waals surface area contributed by atoms with Crippen molar-refractivity contribution in [3.63, 3.8) is 0 Å². The maximum atomic E-state index is 12.6. The molecule has 1 fully saturated rings. The summed E-state index contributed by atoms with van der Waals surface area (Å²) in [5.41, 5.74) is 1.19. The molecule has 1 amide bonds. The first kappa shape index (κ1) is 15.0. The molecule has 2 rings (SSSR count). The van der Waals surface area contributed by atoms with Gasteiger partial charge in [-0.05, 0) is 19.1 Å². The molecule has 0 spiro atoms. The lowest BCUT2D eigenvalue weighted by Crippen LogP contribution is -2.46. The van der Waals surface area contributed by atoms with Gasteiger partial charge in [0.15, 0.2) is 9.84 Å². The lowest BCUT2D eigenvalue weighted by molar-refractivity contribution is 0.0732. The van der Waals surface area contributed by atoms with Crippen molar-refractivity contribution in [1.29, 1.82) is 0 Å². The summed E-state index contributed by atoms with van der Waals surface area (Å²) in [7, 11) is -3.39. The zero-order valence-electron chi connectivity index (χ0n) is 11.8. The summed E-state index contributed by atoms with van der Waals surface area (Å²) in [6, 6.07) is 4.95. The molecule has 0 unspecified atom stereocenters. The first-order chi connectivity index (χ1) is 9.45. The Morgan fingerprint density at radius 1 is 1.30 bits per heavy atom. The number of hydrogen-bond acceptors (Lipinski definition) is 4. The maximum Gasteiger partial charge on any atom is 0.255 e. The number of carbonyl (C=O) groups excluding carboxylic acids is 1. The van der Waals surface area contributed by atoms with Crippen LogP contribution >= 0.6 is 0 Å². The molecule has 0 atom stereocenters. The Bertz CT molecular complexity index is 605. The molecule has 6 heteroatoms. The minimum absolute atomic E-state index is 0.00209. The van der Waals surface area contributed by atoms with Crippen LogP contribution < -0.4 is 5.32 Å². The smallest absolute Gasteiger partial charge is 0.255 e. The average molecular weight is 296 g/mol. The molecule has 1 aliphatic rings. The highest BCUT2D eigenvalue weighted by atomic mass is 32.2. The monoisotopic (exact) mass is 296 g/mol. The van der Waals surface area contributed by atoms with Gasteiger partial charge in [-0.15, -0.1) is 0 Å². The van der Waals surface area contributed by atoms with Gasteiger partial charge in [0, 0.05) is 26.2 Å². The Morgan fingerprint density at radius 2 is 1.95 bits per heavy atom. The molecular formula is C14H20N2O3S. The minimum Gasteiger partial charge on any atom is -0.336 e. The maximum absolute atomic E-state index is 12.6. The number of carbonyl (C=O) groups is 1. The van der Waals surface area contributed by atoms with Gasteiger partial charge >= 0.3 is 0 Å². The van der Waals surface area contributed by atoms with E-state index >= 15 is 0 Å². The molecule has 0 aliphatic carbocycles. The topological polar surface area (TPSA) is 66.5 Å². The zero-order valence-corrected chi connectivity index (χ0v) is 12.7. The standard InChI is InChI=1S/C14H20N2O3S/c1-3-20(18,19)13-5-4-11(2)10-12(13)14(17)16-8-6-15-7-9-16/h4-5,10,15H,3,6-9H2,1-2H3. The summed E-state index contributed by atoms with van der Waals surface area (Å²) < 4.78 is 24.3. The van der Waals surface area contributed by atoms with E-state index in [0.717, 1.165) is 18.7 Å². The molecule has 20 heavy (non-hydrogen) atoms. The number of piperazine rings is 1. The quantitative estimate of drug-likeness (QED) is 0.897. The Balaban J connectivity index is 2.44. The SMILES string of the molecule is CCS(=O)(=O)c1ccc(C)cc1C(=O)N1CCNCC1. The van der Waals surface area contributed by atoms with Crippen molar-refractivity contribution in [1.82, 2.24) is 10.2 Å². The Kier molecular flexibility index (Phi) is 4.45.